The lowest BCUT2D eigenvalue weighted by atomic mass is 9.84. The zero-order valence-corrected chi connectivity index (χ0v) is 13.2. The summed E-state index contributed by atoms with van der Waals surface area (Å²) >= 11 is 0. The van der Waals surface area contributed by atoms with Crippen LogP contribution < -0.4 is 5.32 Å². The van der Waals surface area contributed by atoms with Crippen LogP contribution in [0.4, 0.5) is 0 Å². The maximum Gasteiger partial charge on any atom is 0.0522 e. The summed E-state index contributed by atoms with van der Waals surface area (Å²) in [7, 11) is 6.34. The molecule has 0 aromatic heterocycles. The summed E-state index contributed by atoms with van der Waals surface area (Å²) in [4.78, 5) is 2.30. The van der Waals surface area contributed by atoms with Gasteiger partial charge in [-0.1, -0.05) is 12.1 Å². The van der Waals surface area contributed by atoms with Crippen molar-refractivity contribution in [2.24, 2.45) is 0 Å². The second-order valence-electron chi connectivity index (χ2n) is 6.13. The maximum atomic E-state index is 3.44. The number of hydrogen-bond acceptors (Lipinski definition) is 2. The van der Waals surface area contributed by atoms with Gasteiger partial charge in [0.1, 0.15) is 0 Å². The van der Waals surface area contributed by atoms with Crippen molar-refractivity contribution in [3.05, 3.63) is 34.4 Å². The van der Waals surface area contributed by atoms with E-state index in [9.17, 15) is 0 Å². The zero-order chi connectivity index (χ0) is 14.1. The van der Waals surface area contributed by atoms with E-state index in [-0.39, 0.29) is 5.54 Å². The van der Waals surface area contributed by atoms with Crippen LogP contribution in [-0.4, -0.2) is 31.6 Å². The Morgan fingerprint density at radius 1 is 1.00 bits per heavy atom. The van der Waals surface area contributed by atoms with Crippen molar-refractivity contribution in [2.75, 3.05) is 21.1 Å². The Balaban J connectivity index is 3.35. The first-order chi connectivity index (χ1) is 8.20. The summed E-state index contributed by atoms with van der Waals surface area (Å²) in [6.07, 6.45) is 0. The normalized spacial score (nSPS) is 14.1. The predicted molar refractivity (Wildman–Crippen MR) is 80.2 cm³/mol. The monoisotopic (exact) mass is 248 g/mol. The van der Waals surface area contributed by atoms with E-state index >= 15 is 0 Å². The minimum absolute atomic E-state index is 0.0377. The lowest BCUT2D eigenvalue weighted by molar-refractivity contribution is 0.177. The highest BCUT2D eigenvalue weighted by molar-refractivity contribution is 5.39. The lowest BCUT2D eigenvalue weighted by Crippen LogP contribution is -2.48. The minimum atomic E-state index is 0.0377. The Labute approximate surface area is 112 Å². The molecule has 2 heteroatoms. The van der Waals surface area contributed by atoms with Crippen LogP contribution in [0.2, 0.25) is 0 Å². The number of rotatable bonds is 4. The molecule has 0 saturated heterocycles. The molecule has 2 nitrogen and oxygen atoms in total. The van der Waals surface area contributed by atoms with Gasteiger partial charge in [-0.2, -0.15) is 0 Å². The molecule has 18 heavy (non-hydrogen) atoms. The highest BCUT2D eigenvalue weighted by atomic mass is 15.2. The van der Waals surface area contributed by atoms with E-state index in [0.717, 1.165) is 0 Å². The van der Waals surface area contributed by atoms with Gasteiger partial charge in [0.25, 0.3) is 0 Å². The Morgan fingerprint density at radius 3 is 1.94 bits per heavy atom. The van der Waals surface area contributed by atoms with Crippen molar-refractivity contribution in [1.82, 2.24) is 10.2 Å². The molecule has 1 aromatic rings. The molecule has 102 valence electrons. The van der Waals surface area contributed by atoms with E-state index in [0.29, 0.717) is 6.04 Å². The van der Waals surface area contributed by atoms with Crippen molar-refractivity contribution in [2.45, 2.75) is 46.2 Å². The average Bonchev–Trinajstić information content (AvgIpc) is 2.25. The van der Waals surface area contributed by atoms with Crippen LogP contribution in [0.1, 0.15) is 42.1 Å². The summed E-state index contributed by atoms with van der Waals surface area (Å²) in [5.41, 5.74) is 5.57. The lowest BCUT2D eigenvalue weighted by Gasteiger charge is -2.40. The van der Waals surface area contributed by atoms with Gasteiger partial charge in [0.2, 0.25) is 0 Å². The molecule has 0 aliphatic rings. The highest BCUT2D eigenvalue weighted by Crippen LogP contribution is 2.33. The Morgan fingerprint density at radius 2 is 1.50 bits per heavy atom. The van der Waals surface area contributed by atoms with Crippen LogP contribution in [0, 0.1) is 20.8 Å². The largest absolute Gasteiger partial charge is 0.313 e. The van der Waals surface area contributed by atoms with Crippen LogP contribution in [-0.2, 0) is 0 Å². The number of nitrogens with zero attached hydrogens (tertiary/aromatic N) is 1. The number of aryl methyl sites for hydroxylation is 3. The Kier molecular flexibility index (Phi) is 4.57. The van der Waals surface area contributed by atoms with Crippen LogP contribution in [0.25, 0.3) is 0 Å². The third-order valence-electron chi connectivity index (χ3n) is 4.02. The van der Waals surface area contributed by atoms with Gasteiger partial charge < -0.3 is 10.2 Å². The van der Waals surface area contributed by atoms with Crippen molar-refractivity contribution in [3.63, 3.8) is 0 Å². The fourth-order valence-electron chi connectivity index (χ4n) is 2.73. The van der Waals surface area contributed by atoms with Gasteiger partial charge in [-0.15, -0.1) is 0 Å². The van der Waals surface area contributed by atoms with Crippen LogP contribution in [0.5, 0.6) is 0 Å². The second kappa shape index (κ2) is 5.41. The summed E-state index contributed by atoms with van der Waals surface area (Å²) in [6, 6.07) is 5.00. The molecule has 0 aliphatic heterocycles. The van der Waals surface area contributed by atoms with E-state index in [4.69, 9.17) is 0 Å². The number of likely N-dealkylation sites (N-methyl/N-ethyl adjacent to an activating group) is 2. The Bertz CT molecular complexity index is 419. The predicted octanol–water partition coefficient (Wildman–Crippen LogP) is 3.21. The molecule has 1 atom stereocenters. The van der Waals surface area contributed by atoms with Gasteiger partial charge in [-0.3, -0.25) is 0 Å². The maximum absolute atomic E-state index is 3.44. The van der Waals surface area contributed by atoms with Crippen molar-refractivity contribution in [1.29, 1.82) is 0 Å². The third kappa shape index (κ3) is 2.93. The van der Waals surface area contributed by atoms with Gasteiger partial charge in [-0.25, -0.2) is 0 Å². The summed E-state index contributed by atoms with van der Waals surface area (Å²) in [6.45, 7) is 11.1. The van der Waals surface area contributed by atoms with Crippen LogP contribution in [0.15, 0.2) is 12.1 Å². The molecule has 0 heterocycles. The molecule has 1 rings (SSSR count). The van der Waals surface area contributed by atoms with Gasteiger partial charge in [0, 0.05) is 5.54 Å². The number of nitrogens with one attached hydrogen (secondary N) is 1. The SMILES string of the molecule is CNC(C)(C)C(c1cc(C)c(C)cc1C)N(C)C. The number of hydrogen-bond donors (Lipinski definition) is 1. The van der Waals surface area contributed by atoms with Crippen LogP contribution in [0.3, 0.4) is 0 Å². The van der Waals surface area contributed by atoms with Gasteiger partial charge in [0.15, 0.2) is 0 Å². The quantitative estimate of drug-likeness (QED) is 0.880. The van der Waals surface area contributed by atoms with Crippen molar-refractivity contribution in [3.8, 4) is 0 Å². The summed E-state index contributed by atoms with van der Waals surface area (Å²) < 4.78 is 0. The van der Waals surface area contributed by atoms with Crippen molar-refractivity contribution >= 4 is 0 Å². The first-order valence-electron chi connectivity index (χ1n) is 6.63. The van der Waals surface area contributed by atoms with Gasteiger partial charge >= 0.3 is 0 Å². The molecule has 0 saturated carbocycles. The minimum Gasteiger partial charge on any atom is -0.313 e. The first-order valence-corrected chi connectivity index (χ1v) is 6.63. The van der Waals surface area contributed by atoms with E-state index in [1.54, 1.807) is 0 Å². The standard InChI is InChI=1S/C16H28N2/c1-11-9-13(3)14(10-12(11)2)15(18(7)8)16(4,5)17-6/h9-10,15,17H,1-8H3. The summed E-state index contributed by atoms with van der Waals surface area (Å²) in [5, 5.41) is 3.44. The molecular weight excluding hydrogens is 220 g/mol. The molecule has 0 amide bonds. The zero-order valence-electron chi connectivity index (χ0n) is 13.2. The fourth-order valence-corrected chi connectivity index (χ4v) is 2.73. The first kappa shape index (κ1) is 15.2. The Hall–Kier alpha value is -0.860. The molecule has 0 spiro atoms. The van der Waals surface area contributed by atoms with Crippen LogP contribution >= 0.6 is 0 Å². The highest BCUT2D eigenvalue weighted by Gasteiger charge is 2.32. The molecule has 0 fully saturated rings. The molecule has 0 bridgehead atoms. The fraction of sp³-hybridized carbons (Fsp3) is 0.625. The van der Waals surface area contributed by atoms with Crippen molar-refractivity contribution < 1.29 is 0 Å². The molecule has 1 unspecified atom stereocenters. The van der Waals surface area contributed by atoms with E-state index in [1.807, 2.05) is 7.05 Å². The average molecular weight is 248 g/mol. The van der Waals surface area contributed by atoms with E-state index in [2.05, 4.69) is 71.1 Å². The van der Waals surface area contributed by atoms with Gasteiger partial charge in [0.05, 0.1) is 6.04 Å². The van der Waals surface area contributed by atoms with Gasteiger partial charge in [-0.05, 0) is 78.0 Å². The topological polar surface area (TPSA) is 15.3 Å². The number of benzene rings is 1. The van der Waals surface area contributed by atoms with E-state index < -0.39 is 0 Å². The second-order valence-corrected chi connectivity index (χ2v) is 6.13. The molecule has 0 radical (unpaired) electrons. The smallest absolute Gasteiger partial charge is 0.0522 e. The third-order valence-corrected chi connectivity index (χ3v) is 4.02. The van der Waals surface area contributed by atoms with E-state index in [1.165, 1.54) is 22.3 Å². The molecule has 1 aromatic carbocycles. The molecule has 0 aliphatic carbocycles. The molecule has 1 N–H and O–H groups in total. The summed E-state index contributed by atoms with van der Waals surface area (Å²) in [5.74, 6) is 0. The molecular formula is C16H28N2.